The van der Waals surface area contributed by atoms with Crippen LogP contribution in [0.2, 0.25) is 0 Å². The molecule has 0 aliphatic heterocycles. The van der Waals surface area contributed by atoms with Crippen molar-refractivity contribution in [2.45, 2.75) is 33.6 Å². The second-order valence-electron chi connectivity index (χ2n) is 4.65. The number of rotatable bonds is 4. The van der Waals surface area contributed by atoms with Crippen molar-refractivity contribution >= 4 is 11.9 Å². The Morgan fingerprint density at radius 1 is 1.38 bits per heavy atom. The maximum absolute atomic E-state index is 12.2. The van der Waals surface area contributed by atoms with Crippen LogP contribution in [0.4, 0.5) is 0 Å². The summed E-state index contributed by atoms with van der Waals surface area (Å²) in [6.07, 6.45) is 1.70. The van der Waals surface area contributed by atoms with Crippen LogP contribution in [-0.2, 0) is 7.05 Å². The third-order valence-electron chi connectivity index (χ3n) is 2.63. The van der Waals surface area contributed by atoms with Gasteiger partial charge in [0.05, 0.1) is 17.0 Å². The van der Waals surface area contributed by atoms with Crippen molar-refractivity contribution in [1.29, 1.82) is 0 Å². The van der Waals surface area contributed by atoms with Gasteiger partial charge in [0.2, 0.25) is 0 Å². The molecule has 16 heavy (non-hydrogen) atoms. The zero-order chi connectivity index (χ0) is 12.5. The molecule has 0 amide bonds. The second kappa shape index (κ2) is 4.64. The summed E-state index contributed by atoms with van der Waals surface area (Å²) in [6.45, 7) is 11.7. The zero-order valence-corrected chi connectivity index (χ0v) is 10.7. The van der Waals surface area contributed by atoms with E-state index in [9.17, 15) is 4.79 Å². The molecule has 0 radical (unpaired) electrons. The fourth-order valence-corrected chi connectivity index (χ4v) is 1.74. The molecule has 0 saturated heterocycles. The lowest BCUT2D eigenvalue weighted by molar-refractivity contribution is 0.0938. The van der Waals surface area contributed by atoms with Gasteiger partial charge in [-0.2, -0.15) is 5.10 Å². The average Bonchev–Trinajstić information content (AvgIpc) is 2.53. The highest BCUT2D eigenvalue weighted by molar-refractivity contribution is 6.01. The van der Waals surface area contributed by atoms with Crippen molar-refractivity contribution in [3.8, 4) is 0 Å². The van der Waals surface area contributed by atoms with Crippen LogP contribution in [-0.4, -0.2) is 15.6 Å². The molecule has 0 unspecified atom stereocenters. The Morgan fingerprint density at radius 2 is 1.94 bits per heavy atom. The summed E-state index contributed by atoms with van der Waals surface area (Å²) in [7, 11) is 1.85. The summed E-state index contributed by atoms with van der Waals surface area (Å²) in [5, 5.41) is 4.41. The fraction of sp³-hybridized carbons (Fsp3) is 0.538. The zero-order valence-electron chi connectivity index (χ0n) is 10.7. The molecule has 3 nitrogen and oxygen atoms in total. The molecule has 0 atom stereocenters. The summed E-state index contributed by atoms with van der Waals surface area (Å²) in [6, 6.07) is 0. The van der Waals surface area contributed by atoms with Gasteiger partial charge >= 0.3 is 0 Å². The van der Waals surface area contributed by atoms with Crippen LogP contribution in [0.15, 0.2) is 6.58 Å². The lowest BCUT2D eigenvalue weighted by Gasteiger charge is -2.08. The molecule has 0 saturated carbocycles. The first-order valence-corrected chi connectivity index (χ1v) is 5.63. The van der Waals surface area contributed by atoms with E-state index < -0.39 is 0 Å². The van der Waals surface area contributed by atoms with Crippen molar-refractivity contribution in [1.82, 2.24) is 9.78 Å². The third-order valence-corrected chi connectivity index (χ3v) is 2.63. The molecule has 1 rings (SSSR count). The Hall–Kier alpha value is -1.38. The van der Waals surface area contributed by atoms with Crippen LogP contribution < -0.4 is 0 Å². The van der Waals surface area contributed by atoms with Crippen molar-refractivity contribution in [3.05, 3.63) is 23.5 Å². The van der Waals surface area contributed by atoms with Crippen LogP contribution in [0, 0.1) is 5.92 Å². The molecule has 1 heterocycles. The Bertz CT molecular complexity index is 414. The molecule has 0 spiro atoms. The second-order valence-corrected chi connectivity index (χ2v) is 4.65. The number of carbonyl (C=O) groups excluding carboxylic acids is 1. The largest absolute Gasteiger partial charge is 0.294 e. The molecule has 0 aromatic carbocycles. The fourth-order valence-electron chi connectivity index (χ4n) is 1.74. The number of Topliss-reactive ketones (excluding diaryl/α,β-unsaturated/α-hetero) is 1. The van der Waals surface area contributed by atoms with Gasteiger partial charge in [-0.1, -0.05) is 34.3 Å². The molecule has 0 aliphatic carbocycles. The van der Waals surface area contributed by atoms with E-state index in [-0.39, 0.29) is 17.6 Å². The van der Waals surface area contributed by atoms with E-state index in [1.807, 2.05) is 34.7 Å². The topological polar surface area (TPSA) is 34.9 Å². The minimum atomic E-state index is -0.0135. The average molecular weight is 220 g/mol. The smallest absolute Gasteiger partial charge is 0.169 e. The van der Waals surface area contributed by atoms with E-state index in [1.165, 1.54) is 0 Å². The molecule has 0 aliphatic rings. The first kappa shape index (κ1) is 12.7. The molecular formula is C13H20N2O. The van der Waals surface area contributed by atoms with E-state index in [1.54, 1.807) is 10.8 Å². The van der Waals surface area contributed by atoms with Gasteiger partial charge in [-0.15, -0.1) is 0 Å². The minimum Gasteiger partial charge on any atom is -0.294 e. The van der Waals surface area contributed by atoms with Crippen molar-refractivity contribution in [3.63, 3.8) is 0 Å². The maximum atomic E-state index is 12.2. The molecule has 0 bridgehead atoms. The van der Waals surface area contributed by atoms with E-state index in [0.717, 1.165) is 17.0 Å². The number of hydrogen-bond acceptors (Lipinski definition) is 2. The maximum Gasteiger partial charge on any atom is 0.169 e. The molecule has 1 aromatic rings. The SMILES string of the molecule is C=Cc1c(C(=O)C(C)C)c(C(C)C)nn1C. The standard InChI is InChI=1S/C13H20N2O/c1-7-10-11(13(16)9(4)5)12(8(2)3)14-15(10)6/h7-9H,1H2,2-6H3. The summed E-state index contributed by atoms with van der Waals surface area (Å²) in [5.41, 5.74) is 2.43. The predicted molar refractivity (Wildman–Crippen MR) is 66.6 cm³/mol. The highest BCUT2D eigenvalue weighted by atomic mass is 16.1. The lowest BCUT2D eigenvalue weighted by atomic mass is 9.94. The van der Waals surface area contributed by atoms with Gasteiger partial charge in [-0.05, 0) is 12.0 Å². The van der Waals surface area contributed by atoms with E-state index in [2.05, 4.69) is 11.7 Å². The highest BCUT2D eigenvalue weighted by Gasteiger charge is 2.24. The molecule has 1 aromatic heterocycles. The highest BCUT2D eigenvalue weighted by Crippen LogP contribution is 2.25. The number of hydrogen-bond donors (Lipinski definition) is 0. The van der Waals surface area contributed by atoms with Crippen LogP contribution in [0.1, 0.15) is 55.4 Å². The summed E-state index contributed by atoms with van der Waals surface area (Å²) >= 11 is 0. The van der Waals surface area contributed by atoms with Gasteiger partial charge in [0.1, 0.15) is 0 Å². The summed E-state index contributed by atoms with van der Waals surface area (Å²) in [5.74, 6) is 0.379. The lowest BCUT2D eigenvalue weighted by Crippen LogP contribution is -2.11. The molecule has 0 fully saturated rings. The van der Waals surface area contributed by atoms with Crippen LogP contribution in [0.25, 0.3) is 6.08 Å². The van der Waals surface area contributed by atoms with Crippen LogP contribution >= 0.6 is 0 Å². The van der Waals surface area contributed by atoms with E-state index >= 15 is 0 Å². The Kier molecular flexibility index (Phi) is 3.68. The van der Waals surface area contributed by atoms with Gasteiger partial charge in [-0.3, -0.25) is 9.48 Å². The number of aromatic nitrogens is 2. The first-order chi connectivity index (χ1) is 7.40. The molecule has 0 N–H and O–H groups in total. The Labute approximate surface area is 97.2 Å². The number of aryl methyl sites for hydroxylation is 1. The monoisotopic (exact) mass is 220 g/mol. The van der Waals surface area contributed by atoms with Gasteiger partial charge < -0.3 is 0 Å². The summed E-state index contributed by atoms with van der Waals surface area (Å²) in [4.78, 5) is 12.2. The molecular weight excluding hydrogens is 200 g/mol. The minimum absolute atomic E-state index is 0.0135. The molecule has 88 valence electrons. The van der Waals surface area contributed by atoms with Crippen molar-refractivity contribution < 1.29 is 4.79 Å². The normalized spacial score (nSPS) is 11.2. The Morgan fingerprint density at radius 3 is 2.31 bits per heavy atom. The van der Waals surface area contributed by atoms with Gasteiger partial charge in [0.15, 0.2) is 5.78 Å². The van der Waals surface area contributed by atoms with Crippen LogP contribution in [0.3, 0.4) is 0 Å². The number of ketones is 1. The van der Waals surface area contributed by atoms with Gasteiger partial charge in [-0.25, -0.2) is 0 Å². The number of carbonyl (C=O) groups is 1. The summed E-state index contributed by atoms with van der Waals surface area (Å²) < 4.78 is 1.73. The number of nitrogens with zero attached hydrogens (tertiary/aromatic N) is 2. The van der Waals surface area contributed by atoms with Gasteiger partial charge in [0, 0.05) is 13.0 Å². The van der Waals surface area contributed by atoms with Crippen molar-refractivity contribution in [2.24, 2.45) is 13.0 Å². The van der Waals surface area contributed by atoms with Crippen LogP contribution in [0.5, 0.6) is 0 Å². The predicted octanol–water partition coefficient (Wildman–Crippen LogP) is 3.03. The van der Waals surface area contributed by atoms with Crippen molar-refractivity contribution in [2.75, 3.05) is 0 Å². The van der Waals surface area contributed by atoms with E-state index in [4.69, 9.17) is 0 Å². The van der Waals surface area contributed by atoms with E-state index in [0.29, 0.717) is 0 Å². The third kappa shape index (κ3) is 2.08. The Balaban J connectivity index is 3.43. The van der Waals surface area contributed by atoms with Gasteiger partial charge in [0.25, 0.3) is 0 Å². The first-order valence-electron chi connectivity index (χ1n) is 5.63. The molecule has 3 heteroatoms. The quantitative estimate of drug-likeness (QED) is 0.731.